The maximum absolute atomic E-state index is 12.2. The number of benzene rings is 1. The molecule has 8 heteroatoms. The van der Waals surface area contributed by atoms with Gasteiger partial charge < -0.3 is 15.0 Å². The molecule has 0 aromatic heterocycles. The van der Waals surface area contributed by atoms with Gasteiger partial charge in [-0.2, -0.15) is 0 Å². The molecule has 1 aliphatic heterocycles. The van der Waals surface area contributed by atoms with Crippen molar-refractivity contribution in [3.05, 3.63) is 24.3 Å². The lowest BCUT2D eigenvalue weighted by Gasteiger charge is -2.16. The molecule has 1 atom stereocenters. The molecule has 2 amide bonds. The van der Waals surface area contributed by atoms with Gasteiger partial charge in [-0.15, -0.1) is 0 Å². The predicted molar refractivity (Wildman–Crippen MR) is 87.9 cm³/mol. The molecule has 1 saturated heterocycles. The smallest absolute Gasteiger partial charge is 0.321 e. The molecule has 1 aliphatic rings. The van der Waals surface area contributed by atoms with Gasteiger partial charge in [0.1, 0.15) is 0 Å². The third-order valence-corrected chi connectivity index (χ3v) is 5.19. The molecule has 0 radical (unpaired) electrons. The van der Waals surface area contributed by atoms with Gasteiger partial charge in [-0.05, 0) is 44.0 Å². The number of methoxy groups -OCH3 is 1. The van der Waals surface area contributed by atoms with Crippen LogP contribution in [0.4, 0.5) is 10.5 Å². The van der Waals surface area contributed by atoms with E-state index in [0.29, 0.717) is 12.3 Å². The summed E-state index contributed by atoms with van der Waals surface area (Å²) in [6, 6.07) is 5.65. The van der Waals surface area contributed by atoms with Crippen LogP contribution in [0.1, 0.15) is 19.8 Å². The lowest BCUT2D eigenvalue weighted by molar-refractivity contribution is 0.180. The molecular formula is C15H23N3O4S. The Bertz CT molecular complexity index is 625. The molecule has 1 heterocycles. The number of sulfonamides is 1. The van der Waals surface area contributed by atoms with Crippen molar-refractivity contribution >= 4 is 21.7 Å². The van der Waals surface area contributed by atoms with Crippen LogP contribution in [0.25, 0.3) is 0 Å². The second kappa shape index (κ2) is 7.76. The van der Waals surface area contributed by atoms with Crippen LogP contribution in [0.5, 0.6) is 0 Å². The van der Waals surface area contributed by atoms with E-state index in [-0.39, 0.29) is 17.0 Å². The summed E-state index contributed by atoms with van der Waals surface area (Å²) in [5.74, 6) is 0. The molecule has 2 N–H and O–H groups in total. The number of ether oxygens (including phenoxy) is 1. The highest BCUT2D eigenvalue weighted by atomic mass is 32.2. The maximum atomic E-state index is 12.2. The fraction of sp³-hybridized carbons (Fsp3) is 0.533. The summed E-state index contributed by atoms with van der Waals surface area (Å²) in [6.45, 7) is 3.55. The summed E-state index contributed by atoms with van der Waals surface area (Å²) in [7, 11) is -2.08. The number of carbonyl (C=O) groups excluding carboxylic acids is 1. The SMILES string of the molecule is COC[C@H](C)NS(=O)(=O)c1ccc(NC(=O)N2CCCC2)cc1. The molecule has 1 aromatic carbocycles. The van der Waals surface area contributed by atoms with E-state index in [1.165, 1.54) is 19.2 Å². The number of hydrogen-bond donors (Lipinski definition) is 2. The van der Waals surface area contributed by atoms with E-state index in [9.17, 15) is 13.2 Å². The Hall–Kier alpha value is -1.64. The van der Waals surface area contributed by atoms with Gasteiger partial charge in [0.25, 0.3) is 0 Å². The van der Waals surface area contributed by atoms with Gasteiger partial charge in [-0.1, -0.05) is 0 Å². The number of likely N-dealkylation sites (tertiary alicyclic amines) is 1. The van der Waals surface area contributed by atoms with E-state index < -0.39 is 10.0 Å². The van der Waals surface area contributed by atoms with Gasteiger partial charge in [0.05, 0.1) is 11.5 Å². The molecule has 128 valence electrons. The van der Waals surface area contributed by atoms with Gasteiger partial charge in [0.15, 0.2) is 0 Å². The quantitative estimate of drug-likeness (QED) is 0.823. The predicted octanol–water partition coefficient (Wildman–Crippen LogP) is 1.63. The summed E-state index contributed by atoms with van der Waals surface area (Å²) in [5.41, 5.74) is 0.575. The number of nitrogens with one attached hydrogen (secondary N) is 2. The average Bonchev–Trinajstić information content (AvgIpc) is 3.01. The zero-order chi connectivity index (χ0) is 16.9. The first-order valence-corrected chi connectivity index (χ1v) is 9.08. The van der Waals surface area contributed by atoms with Crippen LogP contribution in [-0.4, -0.2) is 52.2 Å². The van der Waals surface area contributed by atoms with E-state index in [2.05, 4.69) is 10.0 Å². The summed E-state index contributed by atoms with van der Waals surface area (Å²) < 4.78 is 31.8. The molecular weight excluding hydrogens is 318 g/mol. The standard InChI is InChI=1S/C15H23N3O4S/c1-12(11-22-2)17-23(20,21)14-7-5-13(6-8-14)16-15(19)18-9-3-4-10-18/h5-8,12,17H,3-4,9-11H2,1-2H3,(H,16,19)/t12-/m0/s1. The Labute approximate surface area is 137 Å². The Morgan fingerprint density at radius 3 is 2.43 bits per heavy atom. The van der Waals surface area contributed by atoms with Crippen LogP contribution >= 0.6 is 0 Å². The number of amides is 2. The molecule has 1 fully saturated rings. The summed E-state index contributed by atoms with van der Waals surface area (Å²) in [6.07, 6.45) is 2.05. The average molecular weight is 341 g/mol. The molecule has 0 aliphatic carbocycles. The number of rotatable bonds is 6. The van der Waals surface area contributed by atoms with E-state index in [1.54, 1.807) is 24.0 Å². The third kappa shape index (κ3) is 4.92. The Morgan fingerprint density at radius 2 is 1.87 bits per heavy atom. The fourth-order valence-corrected chi connectivity index (χ4v) is 3.69. The maximum Gasteiger partial charge on any atom is 0.321 e. The summed E-state index contributed by atoms with van der Waals surface area (Å²) in [4.78, 5) is 13.9. The summed E-state index contributed by atoms with van der Waals surface area (Å²) >= 11 is 0. The zero-order valence-electron chi connectivity index (χ0n) is 13.4. The van der Waals surface area contributed by atoms with Crippen LogP contribution < -0.4 is 10.0 Å². The topological polar surface area (TPSA) is 87.7 Å². The fourth-order valence-electron chi connectivity index (χ4n) is 2.46. The summed E-state index contributed by atoms with van der Waals surface area (Å²) in [5, 5.41) is 2.78. The molecule has 7 nitrogen and oxygen atoms in total. The number of urea groups is 1. The minimum atomic E-state index is -3.60. The Morgan fingerprint density at radius 1 is 1.26 bits per heavy atom. The van der Waals surface area contributed by atoms with Crippen molar-refractivity contribution in [2.45, 2.75) is 30.7 Å². The van der Waals surface area contributed by atoms with Crippen LogP contribution in [0.3, 0.4) is 0 Å². The van der Waals surface area contributed by atoms with Crippen molar-refractivity contribution < 1.29 is 17.9 Å². The lowest BCUT2D eigenvalue weighted by Crippen LogP contribution is -2.35. The number of carbonyl (C=O) groups is 1. The van der Waals surface area contributed by atoms with Crippen molar-refractivity contribution in [3.63, 3.8) is 0 Å². The van der Waals surface area contributed by atoms with E-state index >= 15 is 0 Å². The minimum Gasteiger partial charge on any atom is -0.383 e. The molecule has 0 unspecified atom stereocenters. The molecule has 23 heavy (non-hydrogen) atoms. The van der Waals surface area contributed by atoms with Crippen molar-refractivity contribution in [2.24, 2.45) is 0 Å². The molecule has 0 bridgehead atoms. The van der Waals surface area contributed by atoms with Gasteiger partial charge in [0.2, 0.25) is 10.0 Å². The first kappa shape index (κ1) is 17.7. The normalized spacial score (nSPS) is 16.3. The second-order valence-electron chi connectivity index (χ2n) is 5.63. The third-order valence-electron chi connectivity index (χ3n) is 3.58. The number of nitrogens with zero attached hydrogens (tertiary/aromatic N) is 1. The minimum absolute atomic E-state index is 0.148. The number of hydrogen-bond acceptors (Lipinski definition) is 4. The van der Waals surface area contributed by atoms with Crippen molar-refractivity contribution in [1.82, 2.24) is 9.62 Å². The molecule has 0 spiro atoms. The van der Waals surface area contributed by atoms with Crippen LogP contribution in [-0.2, 0) is 14.8 Å². The van der Waals surface area contributed by atoms with Gasteiger partial charge >= 0.3 is 6.03 Å². The Balaban J connectivity index is 1.99. The second-order valence-corrected chi connectivity index (χ2v) is 7.34. The van der Waals surface area contributed by atoms with E-state index in [1.807, 2.05) is 0 Å². The highest BCUT2D eigenvalue weighted by molar-refractivity contribution is 7.89. The Kier molecular flexibility index (Phi) is 5.97. The van der Waals surface area contributed by atoms with Gasteiger partial charge in [-0.3, -0.25) is 0 Å². The lowest BCUT2D eigenvalue weighted by atomic mass is 10.3. The van der Waals surface area contributed by atoms with E-state index in [0.717, 1.165) is 25.9 Å². The molecule has 0 saturated carbocycles. The monoisotopic (exact) mass is 341 g/mol. The van der Waals surface area contributed by atoms with Crippen LogP contribution in [0.15, 0.2) is 29.2 Å². The molecule has 1 aromatic rings. The van der Waals surface area contributed by atoms with Crippen molar-refractivity contribution in [3.8, 4) is 0 Å². The highest BCUT2D eigenvalue weighted by Gasteiger charge is 2.19. The molecule has 2 rings (SSSR count). The van der Waals surface area contributed by atoms with Gasteiger partial charge in [0, 0.05) is 31.9 Å². The van der Waals surface area contributed by atoms with Crippen molar-refractivity contribution in [1.29, 1.82) is 0 Å². The van der Waals surface area contributed by atoms with Gasteiger partial charge in [-0.25, -0.2) is 17.9 Å². The first-order chi connectivity index (χ1) is 10.9. The van der Waals surface area contributed by atoms with E-state index in [4.69, 9.17) is 4.74 Å². The number of anilines is 1. The highest BCUT2D eigenvalue weighted by Crippen LogP contribution is 2.16. The van der Waals surface area contributed by atoms with Crippen LogP contribution in [0.2, 0.25) is 0 Å². The van der Waals surface area contributed by atoms with Crippen LogP contribution in [0, 0.1) is 0 Å². The van der Waals surface area contributed by atoms with Crippen molar-refractivity contribution in [2.75, 3.05) is 32.1 Å². The largest absolute Gasteiger partial charge is 0.383 e. The zero-order valence-corrected chi connectivity index (χ0v) is 14.2. The first-order valence-electron chi connectivity index (χ1n) is 7.59.